The van der Waals surface area contributed by atoms with Crippen molar-refractivity contribution in [1.82, 2.24) is 5.32 Å². The summed E-state index contributed by atoms with van der Waals surface area (Å²) in [4.78, 5) is 12.5. The van der Waals surface area contributed by atoms with Crippen LogP contribution in [0.3, 0.4) is 0 Å². The van der Waals surface area contributed by atoms with Gasteiger partial charge in [-0.25, -0.2) is 0 Å². The van der Waals surface area contributed by atoms with Crippen molar-refractivity contribution in [3.8, 4) is 29.1 Å². The van der Waals surface area contributed by atoms with Gasteiger partial charge in [-0.3, -0.25) is 4.79 Å². The van der Waals surface area contributed by atoms with Crippen LogP contribution in [0.15, 0.2) is 78.9 Å². The number of hydrogen-bond donors (Lipinski definition) is 1. The number of benzene rings is 3. The highest BCUT2D eigenvalue weighted by atomic mass is 16.5. The molecular weight excluding hydrogens is 338 g/mol. The molecule has 0 aliphatic carbocycles. The van der Waals surface area contributed by atoms with E-state index in [-0.39, 0.29) is 12.5 Å². The molecule has 4 heteroatoms. The highest BCUT2D eigenvalue weighted by molar-refractivity contribution is 5.97. The Labute approximate surface area is 158 Å². The summed E-state index contributed by atoms with van der Waals surface area (Å²) in [6, 6.07) is 23.9. The molecule has 0 bridgehead atoms. The van der Waals surface area contributed by atoms with Crippen molar-refractivity contribution in [3.63, 3.8) is 0 Å². The van der Waals surface area contributed by atoms with Crippen LogP contribution in [0, 0.1) is 11.8 Å². The van der Waals surface area contributed by atoms with E-state index in [0.29, 0.717) is 17.1 Å². The average molecular weight is 357 g/mol. The lowest BCUT2D eigenvalue weighted by molar-refractivity contribution is 0.0956. The summed E-state index contributed by atoms with van der Waals surface area (Å²) in [6.45, 7) is 0.241. The topological polar surface area (TPSA) is 47.6 Å². The third kappa shape index (κ3) is 5.13. The molecule has 0 heterocycles. The van der Waals surface area contributed by atoms with Crippen LogP contribution in [0.2, 0.25) is 0 Å². The van der Waals surface area contributed by atoms with E-state index in [2.05, 4.69) is 17.2 Å². The molecule has 27 heavy (non-hydrogen) atoms. The van der Waals surface area contributed by atoms with Gasteiger partial charge in [0.2, 0.25) is 0 Å². The highest BCUT2D eigenvalue weighted by Crippen LogP contribution is 2.24. The molecule has 0 radical (unpaired) electrons. The zero-order chi connectivity index (χ0) is 18.9. The number of amides is 1. The number of rotatable bonds is 5. The molecule has 0 fully saturated rings. The number of carbonyl (C=O) groups excluding carboxylic acids is 1. The molecule has 0 atom stereocenters. The SMILES string of the molecule is COc1ccc(C#CCNC(=O)c2ccccc2Oc2ccccc2)cc1. The molecular formula is C23H19NO3. The van der Waals surface area contributed by atoms with Gasteiger partial charge in [-0.1, -0.05) is 42.2 Å². The number of para-hydroxylation sites is 2. The molecule has 1 N–H and O–H groups in total. The Morgan fingerprint density at radius 2 is 1.59 bits per heavy atom. The quantitative estimate of drug-likeness (QED) is 0.694. The first-order valence-electron chi connectivity index (χ1n) is 8.49. The normalized spacial score (nSPS) is 9.67. The van der Waals surface area contributed by atoms with E-state index in [1.165, 1.54) is 0 Å². The molecule has 0 unspecified atom stereocenters. The minimum atomic E-state index is -0.231. The number of ether oxygens (including phenoxy) is 2. The van der Waals surface area contributed by atoms with Gasteiger partial charge in [0.1, 0.15) is 17.2 Å². The van der Waals surface area contributed by atoms with Crippen molar-refractivity contribution in [2.75, 3.05) is 13.7 Å². The molecule has 4 nitrogen and oxygen atoms in total. The van der Waals surface area contributed by atoms with E-state index < -0.39 is 0 Å². The van der Waals surface area contributed by atoms with Crippen molar-refractivity contribution in [1.29, 1.82) is 0 Å². The maximum absolute atomic E-state index is 12.5. The smallest absolute Gasteiger partial charge is 0.255 e. The van der Waals surface area contributed by atoms with Crippen LogP contribution in [0.1, 0.15) is 15.9 Å². The van der Waals surface area contributed by atoms with Crippen LogP contribution in [0.5, 0.6) is 17.2 Å². The lowest BCUT2D eigenvalue weighted by atomic mass is 10.2. The van der Waals surface area contributed by atoms with Gasteiger partial charge in [-0.15, -0.1) is 0 Å². The largest absolute Gasteiger partial charge is 0.497 e. The fraction of sp³-hybridized carbons (Fsp3) is 0.0870. The molecule has 3 aromatic carbocycles. The lowest BCUT2D eigenvalue weighted by Gasteiger charge is -2.10. The second-order valence-corrected chi connectivity index (χ2v) is 5.62. The van der Waals surface area contributed by atoms with Crippen LogP contribution >= 0.6 is 0 Å². The number of methoxy groups -OCH3 is 1. The maximum atomic E-state index is 12.5. The van der Waals surface area contributed by atoms with E-state index in [4.69, 9.17) is 9.47 Å². The van der Waals surface area contributed by atoms with Crippen molar-refractivity contribution in [3.05, 3.63) is 90.0 Å². The first-order chi connectivity index (χ1) is 13.3. The predicted molar refractivity (Wildman–Crippen MR) is 105 cm³/mol. The standard InChI is InChI=1S/C23H19NO3/c1-26-19-15-13-18(14-16-19)8-7-17-24-23(25)21-11-5-6-12-22(21)27-20-9-3-2-4-10-20/h2-6,9-16H,17H2,1H3,(H,24,25). The van der Waals surface area contributed by atoms with Gasteiger partial charge in [-0.2, -0.15) is 0 Å². The van der Waals surface area contributed by atoms with Crippen LogP contribution in [0.25, 0.3) is 0 Å². The molecule has 1 amide bonds. The minimum Gasteiger partial charge on any atom is -0.497 e. The fourth-order valence-electron chi connectivity index (χ4n) is 2.40. The zero-order valence-corrected chi connectivity index (χ0v) is 14.9. The molecule has 134 valence electrons. The summed E-state index contributed by atoms with van der Waals surface area (Å²) in [5, 5.41) is 2.80. The summed E-state index contributed by atoms with van der Waals surface area (Å²) in [5.74, 6) is 7.68. The van der Waals surface area contributed by atoms with E-state index in [0.717, 1.165) is 11.3 Å². The molecule has 3 rings (SSSR count). The third-order valence-corrected chi connectivity index (χ3v) is 3.76. The molecule has 0 saturated carbocycles. The van der Waals surface area contributed by atoms with E-state index in [1.54, 1.807) is 25.3 Å². The molecule has 3 aromatic rings. The first kappa shape index (κ1) is 18.1. The summed E-state index contributed by atoms with van der Waals surface area (Å²) < 4.78 is 10.9. The second kappa shape index (κ2) is 9.12. The van der Waals surface area contributed by atoms with Crippen molar-refractivity contribution in [2.24, 2.45) is 0 Å². The van der Waals surface area contributed by atoms with Crippen LogP contribution < -0.4 is 14.8 Å². The zero-order valence-electron chi connectivity index (χ0n) is 14.9. The Kier molecular flexibility index (Phi) is 6.11. The highest BCUT2D eigenvalue weighted by Gasteiger charge is 2.11. The Balaban J connectivity index is 1.62. The average Bonchev–Trinajstić information content (AvgIpc) is 2.72. The molecule has 0 saturated heterocycles. The van der Waals surface area contributed by atoms with Crippen LogP contribution in [-0.4, -0.2) is 19.6 Å². The van der Waals surface area contributed by atoms with Gasteiger partial charge < -0.3 is 14.8 Å². The summed E-state index contributed by atoms with van der Waals surface area (Å²) in [6.07, 6.45) is 0. The van der Waals surface area contributed by atoms with Crippen molar-refractivity contribution < 1.29 is 14.3 Å². The van der Waals surface area contributed by atoms with Gasteiger partial charge in [0.25, 0.3) is 5.91 Å². The van der Waals surface area contributed by atoms with Crippen LogP contribution in [-0.2, 0) is 0 Å². The molecule has 0 aliphatic heterocycles. The number of hydrogen-bond acceptors (Lipinski definition) is 3. The maximum Gasteiger partial charge on any atom is 0.255 e. The monoisotopic (exact) mass is 357 g/mol. The van der Waals surface area contributed by atoms with Crippen molar-refractivity contribution >= 4 is 5.91 Å². The summed E-state index contributed by atoms with van der Waals surface area (Å²) >= 11 is 0. The Morgan fingerprint density at radius 1 is 0.889 bits per heavy atom. The first-order valence-corrected chi connectivity index (χ1v) is 8.49. The predicted octanol–water partition coefficient (Wildman–Crippen LogP) is 4.27. The summed E-state index contributed by atoms with van der Waals surface area (Å²) in [7, 11) is 1.62. The molecule has 0 spiro atoms. The van der Waals surface area contributed by atoms with Gasteiger partial charge in [-0.05, 0) is 48.5 Å². The van der Waals surface area contributed by atoms with Crippen molar-refractivity contribution in [2.45, 2.75) is 0 Å². The van der Waals surface area contributed by atoms with E-state index in [1.807, 2.05) is 60.7 Å². The second-order valence-electron chi connectivity index (χ2n) is 5.62. The Bertz CT molecular complexity index is 954. The third-order valence-electron chi connectivity index (χ3n) is 3.76. The Hall–Kier alpha value is -3.71. The van der Waals surface area contributed by atoms with Gasteiger partial charge >= 0.3 is 0 Å². The van der Waals surface area contributed by atoms with E-state index >= 15 is 0 Å². The minimum absolute atomic E-state index is 0.231. The summed E-state index contributed by atoms with van der Waals surface area (Å²) in [5.41, 5.74) is 1.32. The fourth-order valence-corrected chi connectivity index (χ4v) is 2.40. The molecule has 0 aromatic heterocycles. The van der Waals surface area contributed by atoms with Gasteiger partial charge in [0, 0.05) is 5.56 Å². The Morgan fingerprint density at radius 3 is 2.33 bits per heavy atom. The molecule has 0 aliphatic rings. The van der Waals surface area contributed by atoms with Gasteiger partial charge in [0.15, 0.2) is 0 Å². The van der Waals surface area contributed by atoms with Crippen LogP contribution in [0.4, 0.5) is 0 Å². The number of carbonyl (C=O) groups is 1. The van der Waals surface area contributed by atoms with Gasteiger partial charge in [0.05, 0.1) is 19.2 Å². The number of nitrogens with one attached hydrogen (secondary N) is 1. The van der Waals surface area contributed by atoms with E-state index in [9.17, 15) is 4.79 Å². The lowest BCUT2D eigenvalue weighted by Crippen LogP contribution is -2.24.